The summed E-state index contributed by atoms with van der Waals surface area (Å²) in [5, 5.41) is 8.43. The van der Waals surface area contributed by atoms with Gasteiger partial charge in [-0.1, -0.05) is 12.1 Å². The third-order valence-corrected chi connectivity index (χ3v) is 6.22. The number of methoxy groups -OCH3 is 1. The number of carbonyl (C=O) groups excluding carboxylic acids is 1. The number of ether oxygens (including phenoxy) is 1. The van der Waals surface area contributed by atoms with E-state index < -0.39 is 0 Å². The number of piperidine rings is 1. The fraction of sp³-hybridized carbons (Fsp3) is 0.565. The first kappa shape index (κ1) is 20.0. The van der Waals surface area contributed by atoms with Crippen LogP contribution in [0.25, 0.3) is 0 Å². The number of hydrogen-bond acceptors (Lipinski definition) is 4. The number of hydrogen-bond donors (Lipinski definition) is 1. The highest BCUT2D eigenvalue weighted by atomic mass is 16.5. The van der Waals surface area contributed by atoms with Crippen LogP contribution in [0.15, 0.2) is 24.3 Å². The third-order valence-electron chi connectivity index (χ3n) is 6.22. The Balaban J connectivity index is 1.48. The first-order chi connectivity index (χ1) is 14.2. The second-order valence-corrected chi connectivity index (χ2v) is 8.11. The number of aromatic nitrogens is 2. The molecule has 2 heterocycles. The Morgan fingerprint density at radius 3 is 2.86 bits per heavy atom. The van der Waals surface area contributed by atoms with Crippen molar-refractivity contribution < 1.29 is 9.53 Å². The van der Waals surface area contributed by atoms with Crippen molar-refractivity contribution in [3.05, 3.63) is 46.8 Å². The van der Waals surface area contributed by atoms with Gasteiger partial charge in [-0.2, -0.15) is 5.10 Å². The molecule has 156 valence electrons. The van der Waals surface area contributed by atoms with E-state index in [1.54, 1.807) is 7.11 Å². The van der Waals surface area contributed by atoms with Crippen LogP contribution in [-0.4, -0.2) is 46.8 Å². The molecule has 1 N–H and O–H groups in total. The van der Waals surface area contributed by atoms with Crippen molar-refractivity contribution in [2.45, 2.75) is 64.6 Å². The fourth-order valence-corrected chi connectivity index (χ4v) is 4.59. The van der Waals surface area contributed by atoms with Gasteiger partial charge in [0.25, 0.3) is 5.91 Å². The molecule has 2 aliphatic rings. The second-order valence-electron chi connectivity index (χ2n) is 8.11. The zero-order valence-electron chi connectivity index (χ0n) is 17.6. The first-order valence-electron chi connectivity index (χ1n) is 10.9. The summed E-state index contributed by atoms with van der Waals surface area (Å²) in [6.45, 7) is 5.45. The summed E-state index contributed by atoms with van der Waals surface area (Å²) >= 11 is 0. The van der Waals surface area contributed by atoms with Crippen molar-refractivity contribution in [1.29, 1.82) is 0 Å². The molecule has 1 aromatic carbocycles. The van der Waals surface area contributed by atoms with Crippen LogP contribution >= 0.6 is 0 Å². The minimum Gasteiger partial charge on any atom is -0.497 e. The van der Waals surface area contributed by atoms with Crippen LogP contribution in [-0.2, 0) is 25.9 Å². The molecule has 1 unspecified atom stereocenters. The van der Waals surface area contributed by atoms with Crippen LogP contribution in [0.1, 0.15) is 59.9 Å². The lowest BCUT2D eigenvalue weighted by molar-refractivity contribution is 0.0716. The van der Waals surface area contributed by atoms with E-state index in [2.05, 4.69) is 24.4 Å². The molecule has 1 fully saturated rings. The molecule has 1 aliphatic heterocycles. The van der Waals surface area contributed by atoms with Crippen LogP contribution in [0, 0.1) is 0 Å². The van der Waals surface area contributed by atoms with E-state index in [-0.39, 0.29) is 5.91 Å². The number of rotatable bonds is 6. The molecule has 6 heteroatoms. The van der Waals surface area contributed by atoms with Gasteiger partial charge in [-0.05, 0) is 63.1 Å². The summed E-state index contributed by atoms with van der Waals surface area (Å²) in [6.07, 6.45) is 6.34. The van der Waals surface area contributed by atoms with Gasteiger partial charge in [0.05, 0.1) is 7.11 Å². The normalized spacial score (nSPS) is 19.1. The fourth-order valence-electron chi connectivity index (χ4n) is 4.59. The predicted octanol–water partition coefficient (Wildman–Crippen LogP) is 3.18. The summed E-state index contributed by atoms with van der Waals surface area (Å²) in [5.41, 5.74) is 4.32. The Morgan fingerprint density at radius 1 is 1.28 bits per heavy atom. The molecule has 1 aliphatic carbocycles. The van der Waals surface area contributed by atoms with Gasteiger partial charge in [0.15, 0.2) is 5.69 Å². The molecule has 1 aromatic heterocycles. The molecule has 4 rings (SSSR count). The molecule has 1 saturated heterocycles. The van der Waals surface area contributed by atoms with Crippen molar-refractivity contribution in [3.8, 4) is 5.75 Å². The lowest BCUT2D eigenvalue weighted by Gasteiger charge is -2.28. The highest BCUT2D eigenvalue weighted by Gasteiger charge is 2.31. The zero-order chi connectivity index (χ0) is 20.2. The molecule has 2 aromatic rings. The van der Waals surface area contributed by atoms with Gasteiger partial charge in [-0.25, -0.2) is 0 Å². The Labute approximate surface area is 173 Å². The minimum absolute atomic E-state index is 0.126. The molecule has 29 heavy (non-hydrogen) atoms. The highest BCUT2D eigenvalue weighted by Crippen LogP contribution is 2.27. The van der Waals surface area contributed by atoms with Crippen LogP contribution < -0.4 is 10.1 Å². The van der Waals surface area contributed by atoms with E-state index in [9.17, 15) is 4.79 Å². The topological polar surface area (TPSA) is 59.4 Å². The van der Waals surface area contributed by atoms with Crippen molar-refractivity contribution in [2.24, 2.45) is 0 Å². The van der Waals surface area contributed by atoms with Crippen LogP contribution in [0.3, 0.4) is 0 Å². The molecular weight excluding hydrogens is 364 g/mol. The quantitative estimate of drug-likeness (QED) is 0.815. The number of benzene rings is 1. The average Bonchev–Trinajstić information content (AvgIpc) is 3.16. The Bertz CT molecular complexity index is 855. The smallest absolute Gasteiger partial charge is 0.274 e. The van der Waals surface area contributed by atoms with Gasteiger partial charge in [-0.3, -0.25) is 9.48 Å². The maximum atomic E-state index is 13.2. The molecule has 0 spiro atoms. The molecular formula is C23H32N4O2. The maximum absolute atomic E-state index is 13.2. The molecule has 6 nitrogen and oxygen atoms in total. The van der Waals surface area contributed by atoms with Crippen molar-refractivity contribution in [2.75, 3.05) is 20.2 Å². The Kier molecular flexibility index (Phi) is 6.19. The average molecular weight is 397 g/mol. The maximum Gasteiger partial charge on any atom is 0.274 e. The van der Waals surface area contributed by atoms with E-state index >= 15 is 0 Å². The van der Waals surface area contributed by atoms with Crippen LogP contribution in [0.5, 0.6) is 5.75 Å². The number of amides is 1. The van der Waals surface area contributed by atoms with Gasteiger partial charge in [0.2, 0.25) is 0 Å². The van der Waals surface area contributed by atoms with E-state index in [4.69, 9.17) is 9.84 Å². The highest BCUT2D eigenvalue weighted by molar-refractivity contribution is 5.94. The molecule has 1 amide bonds. The molecule has 0 radical (unpaired) electrons. The molecule has 0 bridgehead atoms. The van der Waals surface area contributed by atoms with Gasteiger partial charge in [0.1, 0.15) is 5.75 Å². The Morgan fingerprint density at radius 2 is 2.10 bits per heavy atom. The van der Waals surface area contributed by atoms with E-state index in [0.29, 0.717) is 11.7 Å². The van der Waals surface area contributed by atoms with Gasteiger partial charge < -0.3 is 15.0 Å². The number of nitrogens with zero attached hydrogens (tertiary/aromatic N) is 3. The van der Waals surface area contributed by atoms with Crippen LogP contribution in [0.4, 0.5) is 0 Å². The molecule has 0 saturated carbocycles. The number of aryl methyl sites for hydroxylation is 1. The molecule has 1 atom stereocenters. The minimum atomic E-state index is 0.126. The second kappa shape index (κ2) is 8.99. The van der Waals surface area contributed by atoms with Crippen molar-refractivity contribution in [1.82, 2.24) is 20.0 Å². The SMILES string of the molecule is CCn1nc(C(=O)N2CCCCC2)c2c1CCC(NCc1cccc(OC)c1)C2. The summed E-state index contributed by atoms with van der Waals surface area (Å²) in [5.74, 6) is 1.01. The van der Waals surface area contributed by atoms with Crippen LogP contribution in [0.2, 0.25) is 0 Å². The van der Waals surface area contributed by atoms with E-state index in [1.807, 2.05) is 21.7 Å². The Hall–Kier alpha value is -2.34. The van der Waals surface area contributed by atoms with Crippen molar-refractivity contribution in [3.63, 3.8) is 0 Å². The van der Waals surface area contributed by atoms with Crippen molar-refractivity contribution >= 4 is 5.91 Å². The van der Waals surface area contributed by atoms with Gasteiger partial charge >= 0.3 is 0 Å². The standard InChI is InChI=1S/C23H32N4O2/c1-3-27-21-11-10-18(24-16-17-8-7-9-19(14-17)29-2)15-20(21)22(25-27)23(28)26-12-5-4-6-13-26/h7-9,14,18,24H,3-6,10-13,15-16H2,1-2H3. The summed E-state index contributed by atoms with van der Waals surface area (Å²) in [6, 6.07) is 8.53. The van der Waals surface area contributed by atoms with E-state index in [0.717, 1.165) is 69.6 Å². The number of carbonyl (C=O) groups is 1. The van der Waals surface area contributed by atoms with Gasteiger partial charge in [0, 0.05) is 43.5 Å². The summed E-state index contributed by atoms with van der Waals surface area (Å²) in [4.78, 5) is 15.2. The largest absolute Gasteiger partial charge is 0.497 e. The summed E-state index contributed by atoms with van der Waals surface area (Å²) < 4.78 is 7.37. The number of likely N-dealkylation sites (tertiary alicyclic amines) is 1. The number of fused-ring (bicyclic) bond motifs is 1. The zero-order valence-corrected chi connectivity index (χ0v) is 17.6. The van der Waals surface area contributed by atoms with E-state index in [1.165, 1.54) is 17.7 Å². The predicted molar refractivity (Wildman–Crippen MR) is 113 cm³/mol. The monoisotopic (exact) mass is 396 g/mol. The lowest BCUT2D eigenvalue weighted by Crippen LogP contribution is -2.38. The first-order valence-corrected chi connectivity index (χ1v) is 10.9. The third kappa shape index (κ3) is 4.32. The summed E-state index contributed by atoms with van der Waals surface area (Å²) in [7, 11) is 1.70. The van der Waals surface area contributed by atoms with Gasteiger partial charge in [-0.15, -0.1) is 0 Å². The number of nitrogens with one attached hydrogen (secondary N) is 1. The lowest BCUT2D eigenvalue weighted by atomic mass is 9.90.